The molecule has 0 atom stereocenters. The number of benzene rings is 1. The number of hydrogen-bond acceptors (Lipinski definition) is 6. The zero-order chi connectivity index (χ0) is 23.7. The highest BCUT2D eigenvalue weighted by Crippen LogP contribution is 2.28. The second kappa shape index (κ2) is 12.3. The zero-order valence-electron chi connectivity index (χ0n) is 16.8. The van der Waals surface area contributed by atoms with E-state index in [1.165, 1.54) is 30.7 Å². The number of nitrogens with one attached hydrogen (secondary N) is 1. The van der Waals surface area contributed by atoms with Gasteiger partial charge in [-0.15, -0.1) is 0 Å². The van der Waals surface area contributed by atoms with Crippen LogP contribution in [0, 0.1) is 5.82 Å². The zero-order valence-corrected chi connectivity index (χ0v) is 17.7. The molecule has 0 unspecified atom stereocenters. The molecule has 0 aliphatic heterocycles. The molecule has 3 aromatic rings. The smallest absolute Gasteiger partial charge is 0.328 e. The van der Waals surface area contributed by atoms with E-state index in [9.17, 15) is 22.4 Å². The van der Waals surface area contributed by atoms with Crippen molar-refractivity contribution < 1.29 is 32.6 Å². The van der Waals surface area contributed by atoms with Crippen molar-refractivity contribution in [3.63, 3.8) is 0 Å². The van der Waals surface area contributed by atoms with Gasteiger partial charge in [0.15, 0.2) is 0 Å². The Morgan fingerprint density at radius 3 is 2.27 bits per heavy atom. The van der Waals surface area contributed by atoms with E-state index in [-0.39, 0.29) is 23.6 Å². The third kappa shape index (κ3) is 7.37. The molecule has 0 amide bonds. The highest BCUT2D eigenvalue weighted by atomic mass is 32.2. The van der Waals surface area contributed by atoms with Crippen LogP contribution in [0.5, 0.6) is 0 Å². The van der Waals surface area contributed by atoms with Crippen LogP contribution < -0.4 is 5.32 Å². The van der Waals surface area contributed by atoms with Gasteiger partial charge in [0.25, 0.3) is 10.0 Å². The maximum atomic E-state index is 14.2. The number of pyridine rings is 1. The molecule has 3 N–H and O–H groups in total. The molecule has 0 saturated heterocycles. The molecule has 176 valence electrons. The first-order chi connectivity index (χ1) is 15.2. The van der Waals surface area contributed by atoms with Crippen LogP contribution in [0.25, 0.3) is 11.3 Å². The molecule has 11 heteroatoms. The molecule has 0 bridgehead atoms. The van der Waals surface area contributed by atoms with E-state index >= 15 is 0 Å². The van der Waals surface area contributed by atoms with Gasteiger partial charge in [0, 0.05) is 42.9 Å². The van der Waals surface area contributed by atoms with E-state index < -0.39 is 27.8 Å². The van der Waals surface area contributed by atoms with E-state index in [1.54, 1.807) is 37.4 Å². The summed E-state index contributed by atoms with van der Waals surface area (Å²) in [5.74, 6) is -2.99. The quantitative estimate of drug-likeness (QED) is 0.442. The third-order valence-electron chi connectivity index (χ3n) is 3.93. The number of carboxylic acids is 2. The van der Waals surface area contributed by atoms with Gasteiger partial charge < -0.3 is 15.5 Å². The second-order valence-corrected chi connectivity index (χ2v) is 8.06. The number of carbonyl (C=O) groups is 2. The lowest BCUT2D eigenvalue weighted by Crippen LogP contribution is -2.14. The summed E-state index contributed by atoms with van der Waals surface area (Å²) in [5, 5.41) is 18.6. The molecule has 2 heterocycles. The molecule has 0 spiro atoms. The maximum Gasteiger partial charge on any atom is 0.328 e. The van der Waals surface area contributed by atoms with Crippen molar-refractivity contribution in [2.24, 2.45) is 0 Å². The Kier molecular flexibility index (Phi) is 10.1. The molecule has 9 nitrogen and oxygen atoms in total. The average molecular weight is 478 g/mol. The standard InChI is InChI=1S/C17H16FN3O2S.C4H4O4.CH4/c1-19-10-13-9-17(15-6-2-3-7-16(15)18)21(12-13)24(22,23)14-5-4-8-20-11-14;5-3(6)1-2-4(7)8;/h2-9,11-12,19H,10H2,1H3;1-2H,(H,5,6)(H,7,8);1H4/b;2-1+;. The monoisotopic (exact) mass is 477 g/mol. The molecule has 3 rings (SSSR count). The third-order valence-corrected chi connectivity index (χ3v) is 5.59. The normalized spacial score (nSPS) is 10.7. The van der Waals surface area contributed by atoms with Crippen molar-refractivity contribution in [2.45, 2.75) is 18.9 Å². The van der Waals surface area contributed by atoms with Gasteiger partial charge in [0.05, 0.1) is 5.69 Å². The summed E-state index contributed by atoms with van der Waals surface area (Å²) >= 11 is 0. The predicted octanol–water partition coefficient (Wildman–Crippen LogP) is 2.99. The van der Waals surface area contributed by atoms with Crippen LogP contribution in [0.4, 0.5) is 4.39 Å². The van der Waals surface area contributed by atoms with E-state index in [4.69, 9.17) is 10.2 Å². The van der Waals surface area contributed by atoms with Crippen molar-refractivity contribution >= 4 is 22.0 Å². The summed E-state index contributed by atoms with van der Waals surface area (Å²) in [6.07, 6.45) is 5.39. The van der Waals surface area contributed by atoms with Gasteiger partial charge in [-0.05, 0) is 42.9 Å². The summed E-state index contributed by atoms with van der Waals surface area (Å²) in [6.45, 7) is 0.469. The Balaban J connectivity index is 0.000000523. The minimum atomic E-state index is -3.87. The first-order valence-electron chi connectivity index (χ1n) is 9.07. The number of carboxylic acid groups (broad SMARTS) is 2. The van der Waals surface area contributed by atoms with E-state index in [0.29, 0.717) is 18.7 Å². The number of rotatable bonds is 7. The molecular weight excluding hydrogens is 453 g/mol. The molecule has 1 aromatic carbocycles. The second-order valence-electron chi connectivity index (χ2n) is 6.24. The average Bonchev–Trinajstić information content (AvgIpc) is 3.18. The highest BCUT2D eigenvalue weighted by molar-refractivity contribution is 7.90. The fourth-order valence-electron chi connectivity index (χ4n) is 2.62. The maximum absolute atomic E-state index is 14.2. The van der Waals surface area contributed by atoms with Gasteiger partial charge in [0.2, 0.25) is 0 Å². The summed E-state index contributed by atoms with van der Waals surface area (Å²) in [5.41, 5.74) is 1.25. The van der Waals surface area contributed by atoms with Crippen LogP contribution in [-0.2, 0) is 26.2 Å². The molecule has 33 heavy (non-hydrogen) atoms. The summed E-state index contributed by atoms with van der Waals surface area (Å²) < 4.78 is 41.2. The first kappa shape index (κ1) is 27.2. The Bertz CT molecular complexity index is 1210. The number of halogens is 1. The summed E-state index contributed by atoms with van der Waals surface area (Å²) in [6, 6.07) is 10.8. The van der Waals surface area contributed by atoms with E-state index in [1.807, 2.05) is 0 Å². The fourth-order valence-corrected chi connectivity index (χ4v) is 3.97. The fraction of sp³-hybridized carbons (Fsp3) is 0.136. The van der Waals surface area contributed by atoms with Crippen molar-refractivity contribution in [1.29, 1.82) is 0 Å². The first-order valence-corrected chi connectivity index (χ1v) is 10.5. The lowest BCUT2D eigenvalue weighted by Gasteiger charge is -2.10. The molecule has 0 radical (unpaired) electrons. The Labute approximate surface area is 190 Å². The largest absolute Gasteiger partial charge is 0.478 e. The number of hydrogen-bond donors (Lipinski definition) is 3. The van der Waals surface area contributed by atoms with Crippen LogP contribution in [0.1, 0.15) is 13.0 Å². The van der Waals surface area contributed by atoms with Crippen LogP contribution in [0.3, 0.4) is 0 Å². The lowest BCUT2D eigenvalue weighted by atomic mass is 10.1. The van der Waals surface area contributed by atoms with Crippen LogP contribution >= 0.6 is 0 Å². The van der Waals surface area contributed by atoms with E-state index in [0.717, 1.165) is 9.54 Å². The van der Waals surface area contributed by atoms with Gasteiger partial charge in [-0.3, -0.25) is 4.98 Å². The molecule has 2 aromatic heterocycles. The van der Waals surface area contributed by atoms with Crippen molar-refractivity contribution in [2.75, 3.05) is 7.05 Å². The van der Waals surface area contributed by atoms with Gasteiger partial charge in [-0.25, -0.2) is 26.4 Å². The SMILES string of the molecule is C.CNCc1cc(-c2ccccc2F)n(S(=O)(=O)c2cccnc2)c1.O=C(O)/C=C/C(=O)O. The minimum Gasteiger partial charge on any atom is -0.478 e. The molecule has 0 saturated carbocycles. The topological polar surface area (TPSA) is 139 Å². The van der Waals surface area contributed by atoms with Crippen molar-refractivity contribution in [1.82, 2.24) is 14.3 Å². The van der Waals surface area contributed by atoms with Crippen LogP contribution in [0.2, 0.25) is 0 Å². The van der Waals surface area contributed by atoms with Crippen molar-refractivity contribution in [3.8, 4) is 11.3 Å². The number of aromatic nitrogens is 2. The molecular formula is C22H24FN3O6S. The van der Waals surface area contributed by atoms with Gasteiger partial charge in [-0.2, -0.15) is 0 Å². The molecule has 0 aliphatic carbocycles. The van der Waals surface area contributed by atoms with E-state index in [2.05, 4.69) is 10.3 Å². The van der Waals surface area contributed by atoms with Gasteiger partial charge >= 0.3 is 11.9 Å². The number of nitrogens with zero attached hydrogens (tertiary/aromatic N) is 2. The Hall–Kier alpha value is -3.83. The summed E-state index contributed by atoms with van der Waals surface area (Å²) in [4.78, 5) is 23.0. The Morgan fingerprint density at radius 1 is 1.12 bits per heavy atom. The minimum absolute atomic E-state index is 0. The van der Waals surface area contributed by atoms with Crippen LogP contribution in [0.15, 0.2) is 78.1 Å². The van der Waals surface area contributed by atoms with Gasteiger partial charge in [0.1, 0.15) is 10.7 Å². The van der Waals surface area contributed by atoms with Crippen LogP contribution in [-0.4, -0.2) is 46.6 Å². The summed E-state index contributed by atoms with van der Waals surface area (Å²) in [7, 11) is -2.11. The van der Waals surface area contributed by atoms with Gasteiger partial charge in [-0.1, -0.05) is 19.6 Å². The molecule has 0 aliphatic rings. The number of aliphatic carboxylic acids is 2. The van der Waals surface area contributed by atoms with Crippen molar-refractivity contribution in [3.05, 3.63) is 84.6 Å². The lowest BCUT2D eigenvalue weighted by molar-refractivity contribution is -0.134. The Morgan fingerprint density at radius 2 is 1.76 bits per heavy atom. The molecule has 0 fully saturated rings. The highest BCUT2D eigenvalue weighted by Gasteiger charge is 2.23. The predicted molar refractivity (Wildman–Crippen MR) is 121 cm³/mol.